The van der Waals surface area contributed by atoms with Crippen LogP contribution in [0.3, 0.4) is 0 Å². The third kappa shape index (κ3) is 4.49. The second-order valence-electron chi connectivity index (χ2n) is 6.59. The highest BCUT2D eigenvalue weighted by molar-refractivity contribution is 8.01. The van der Waals surface area contributed by atoms with Crippen LogP contribution in [0.25, 0.3) is 16.0 Å². The molecule has 0 aliphatic heterocycles. The van der Waals surface area contributed by atoms with Crippen LogP contribution in [0.4, 0.5) is 0 Å². The lowest BCUT2D eigenvalue weighted by Gasteiger charge is -2.06. The number of thioether (sulfide) groups is 1. The molecule has 0 unspecified atom stereocenters. The Hall–Kier alpha value is -2.71. The standard InChI is InChI=1S/C21H21N5OS2/c1-14-16(15(2)26(25-14)19-9-5-6-11-22-19)10-12-23-20(27)13-28-21-24-17-7-3-4-8-18(17)29-21/h3-9,11H,10,12-13H2,1-2H3,(H,23,27). The van der Waals surface area contributed by atoms with Crippen molar-refractivity contribution in [2.24, 2.45) is 0 Å². The van der Waals surface area contributed by atoms with Crippen molar-refractivity contribution >= 4 is 39.2 Å². The number of rotatable bonds is 7. The van der Waals surface area contributed by atoms with Gasteiger partial charge in [0.25, 0.3) is 0 Å². The molecule has 3 heterocycles. The van der Waals surface area contributed by atoms with Crippen LogP contribution in [0.2, 0.25) is 0 Å². The molecule has 1 amide bonds. The summed E-state index contributed by atoms with van der Waals surface area (Å²) >= 11 is 3.10. The van der Waals surface area contributed by atoms with Gasteiger partial charge in [0, 0.05) is 18.4 Å². The topological polar surface area (TPSA) is 72.7 Å². The molecule has 4 rings (SSSR count). The summed E-state index contributed by atoms with van der Waals surface area (Å²) in [5.41, 5.74) is 4.15. The van der Waals surface area contributed by atoms with Gasteiger partial charge in [-0.15, -0.1) is 11.3 Å². The summed E-state index contributed by atoms with van der Waals surface area (Å²) in [7, 11) is 0. The lowest BCUT2D eigenvalue weighted by Crippen LogP contribution is -2.27. The lowest BCUT2D eigenvalue weighted by atomic mass is 10.1. The summed E-state index contributed by atoms with van der Waals surface area (Å²) in [6.07, 6.45) is 2.50. The Morgan fingerprint density at radius 3 is 2.79 bits per heavy atom. The number of fused-ring (bicyclic) bond motifs is 1. The lowest BCUT2D eigenvalue weighted by molar-refractivity contribution is -0.118. The van der Waals surface area contributed by atoms with Gasteiger partial charge in [-0.1, -0.05) is 30.0 Å². The Labute approximate surface area is 177 Å². The molecule has 0 radical (unpaired) electrons. The molecule has 29 heavy (non-hydrogen) atoms. The molecule has 0 saturated heterocycles. The molecule has 4 aromatic rings. The van der Waals surface area contributed by atoms with Gasteiger partial charge in [-0.25, -0.2) is 14.6 Å². The highest BCUT2D eigenvalue weighted by Gasteiger charge is 2.14. The van der Waals surface area contributed by atoms with Gasteiger partial charge in [0.2, 0.25) is 5.91 Å². The van der Waals surface area contributed by atoms with Gasteiger partial charge < -0.3 is 5.32 Å². The number of carbonyl (C=O) groups is 1. The molecule has 0 bridgehead atoms. The van der Waals surface area contributed by atoms with Gasteiger partial charge in [0.15, 0.2) is 10.2 Å². The fourth-order valence-corrected chi connectivity index (χ4v) is 5.06. The third-order valence-corrected chi connectivity index (χ3v) is 6.78. The summed E-state index contributed by atoms with van der Waals surface area (Å²) in [6.45, 7) is 4.61. The number of thiazole rings is 1. The maximum Gasteiger partial charge on any atom is 0.230 e. The molecule has 6 nitrogen and oxygen atoms in total. The monoisotopic (exact) mass is 423 g/mol. The minimum Gasteiger partial charge on any atom is -0.355 e. The van der Waals surface area contributed by atoms with Crippen molar-refractivity contribution in [3.05, 3.63) is 65.6 Å². The number of para-hydroxylation sites is 1. The second kappa shape index (κ2) is 8.75. The first-order chi connectivity index (χ1) is 14.1. The number of nitrogens with one attached hydrogen (secondary N) is 1. The number of benzene rings is 1. The van der Waals surface area contributed by atoms with E-state index >= 15 is 0 Å². The summed E-state index contributed by atoms with van der Waals surface area (Å²) in [6, 6.07) is 13.8. The molecule has 0 aliphatic rings. The number of nitrogens with zero attached hydrogens (tertiary/aromatic N) is 4. The van der Waals surface area contributed by atoms with Gasteiger partial charge in [-0.3, -0.25) is 4.79 Å². The molecular weight excluding hydrogens is 402 g/mol. The van der Waals surface area contributed by atoms with Crippen molar-refractivity contribution < 1.29 is 4.79 Å². The minimum absolute atomic E-state index is 0.0154. The van der Waals surface area contributed by atoms with E-state index in [4.69, 9.17) is 0 Å². The predicted molar refractivity (Wildman–Crippen MR) is 118 cm³/mol. The molecule has 0 saturated carbocycles. The summed E-state index contributed by atoms with van der Waals surface area (Å²) in [5.74, 6) is 1.18. The Morgan fingerprint density at radius 2 is 2.00 bits per heavy atom. The third-order valence-electron chi connectivity index (χ3n) is 4.61. The highest BCUT2D eigenvalue weighted by Crippen LogP contribution is 2.29. The van der Waals surface area contributed by atoms with E-state index in [1.807, 2.05) is 61.0 Å². The van der Waals surface area contributed by atoms with Crippen molar-refractivity contribution in [3.8, 4) is 5.82 Å². The van der Waals surface area contributed by atoms with Gasteiger partial charge in [-0.2, -0.15) is 5.10 Å². The maximum absolute atomic E-state index is 12.2. The first-order valence-electron chi connectivity index (χ1n) is 9.33. The molecule has 0 fully saturated rings. The van der Waals surface area contributed by atoms with E-state index in [2.05, 4.69) is 20.4 Å². The second-order valence-corrected chi connectivity index (χ2v) is 8.84. The van der Waals surface area contributed by atoms with E-state index < -0.39 is 0 Å². The van der Waals surface area contributed by atoms with Crippen LogP contribution in [-0.4, -0.2) is 38.0 Å². The molecule has 0 aliphatic carbocycles. The summed E-state index contributed by atoms with van der Waals surface area (Å²) < 4.78 is 3.92. The average molecular weight is 424 g/mol. The molecule has 0 spiro atoms. The zero-order chi connectivity index (χ0) is 20.2. The van der Waals surface area contributed by atoms with Gasteiger partial charge in [-0.05, 0) is 50.1 Å². The van der Waals surface area contributed by atoms with E-state index in [0.717, 1.165) is 43.7 Å². The smallest absolute Gasteiger partial charge is 0.230 e. The molecule has 8 heteroatoms. The van der Waals surface area contributed by atoms with E-state index in [9.17, 15) is 4.79 Å². The van der Waals surface area contributed by atoms with E-state index in [0.29, 0.717) is 12.3 Å². The number of aryl methyl sites for hydroxylation is 1. The largest absolute Gasteiger partial charge is 0.355 e. The quantitative estimate of drug-likeness (QED) is 0.456. The molecule has 148 valence electrons. The van der Waals surface area contributed by atoms with Crippen LogP contribution in [0.15, 0.2) is 53.0 Å². The fourth-order valence-electron chi connectivity index (χ4n) is 3.16. The molecular formula is C21H21N5OS2. The van der Waals surface area contributed by atoms with Crippen LogP contribution in [-0.2, 0) is 11.2 Å². The van der Waals surface area contributed by atoms with Crippen LogP contribution in [0, 0.1) is 13.8 Å². The number of amides is 1. The number of hydrogen-bond donors (Lipinski definition) is 1. The molecule has 1 N–H and O–H groups in total. The highest BCUT2D eigenvalue weighted by atomic mass is 32.2. The van der Waals surface area contributed by atoms with Crippen molar-refractivity contribution in [3.63, 3.8) is 0 Å². The van der Waals surface area contributed by atoms with Gasteiger partial charge in [0.05, 0.1) is 21.7 Å². The number of pyridine rings is 1. The van der Waals surface area contributed by atoms with Crippen LogP contribution in [0.5, 0.6) is 0 Å². The van der Waals surface area contributed by atoms with E-state index in [-0.39, 0.29) is 5.91 Å². The zero-order valence-electron chi connectivity index (χ0n) is 16.3. The molecule has 3 aromatic heterocycles. The number of carbonyl (C=O) groups excluding carboxylic acids is 1. The van der Waals surface area contributed by atoms with Crippen molar-refractivity contribution in [1.82, 2.24) is 25.1 Å². The normalized spacial score (nSPS) is 11.1. The summed E-state index contributed by atoms with van der Waals surface area (Å²) in [4.78, 5) is 21.1. The van der Waals surface area contributed by atoms with Crippen LogP contribution >= 0.6 is 23.1 Å². The first-order valence-corrected chi connectivity index (χ1v) is 11.1. The summed E-state index contributed by atoms with van der Waals surface area (Å²) in [5, 5.41) is 7.61. The molecule has 1 aromatic carbocycles. The van der Waals surface area contributed by atoms with Crippen molar-refractivity contribution in [1.29, 1.82) is 0 Å². The Balaban J connectivity index is 1.31. The SMILES string of the molecule is Cc1nn(-c2ccccn2)c(C)c1CCNC(=O)CSc1nc2ccccc2s1. The Morgan fingerprint density at radius 1 is 1.17 bits per heavy atom. The minimum atomic E-state index is 0.0154. The number of hydrogen-bond acceptors (Lipinski definition) is 6. The fraction of sp³-hybridized carbons (Fsp3) is 0.238. The van der Waals surface area contributed by atoms with E-state index in [1.54, 1.807) is 17.5 Å². The van der Waals surface area contributed by atoms with E-state index in [1.165, 1.54) is 11.8 Å². The predicted octanol–water partition coefficient (Wildman–Crippen LogP) is 3.94. The van der Waals surface area contributed by atoms with Crippen LogP contribution < -0.4 is 5.32 Å². The number of aromatic nitrogens is 4. The molecule has 0 atom stereocenters. The zero-order valence-corrected chi connectivity index (χ0v) is 17.9. The van der Waals surface area contributed by atoms with Gasteiger partial charge in [0.1, 0.15) is 0 Å². The Bertz CT molecular complexity index is 1100. The van der Waals surface area contributed by atoms with Crippen LogP contribution in [0.1, 0.15) is 17.0 Å². The maximum atomic E-state index is 12.2. The van der Waals surface area contributed by atoms with Gasteiger partial charge >= 0.3 is 0 Å². The van der Waals surface area contributed by atoms with Crippen molar-refractivity contribution in [2.45, 2.75) is 24.6 Å². The Kier molecular flexibility index (Phi) is 5.92. The first kappa shape index (κ1) is 19.6. The van der Waals surface area contributed by atoms with Crippen molar-refractivity contribution in [2.75, 3.05) is 12.3 Å². The average Bonchev–Trinajstić information content (AvgIpc) is 3.28.